The predicted octanol–water partition coefficient (Wildman–Crippen LogP) is 6.64. The van der Waals surface area contributed by atoms with E-state index in [2.05, 4.69) is 30.6 Å². The van der Waals surface area contributed by atoms with Crippen molar-refractivity contribution < 1.29 is 5.11 Å². The third-order valence-electron chi connectivity index (χ3n) is 4.35. The van der Waals surface area contributed by atoms with E-state index < -0.39 is 0 Å². The summed E-state index contributed by atoms with van der Waals surface area (Å²) in [5.74, 6) is 12.3. The lowest BCUT2D eigenvalue weighted by Gasteiger charge is -1.99. The zero-order valence-electron chi connectivity index (χ0n) is 16.2. The maximum atomic E-state index is 8.69. The number of unbranched alkanes of at least 4 members (excludes halogenated alkanes) is 15. The van der Waals surface area contributed by atoms with Crippen LogP contribution in [0, 0.1) is 23.7 Å². The molecule has 0 rings (SSSR count). The molecular formula is C23H40O. The zero-order valence-corrected chi connectivity index (χ0v) is 16.2. The minimum absolute atomic E-state index is 0.343. The fourth-order valence-corrected chi connectivity index (χ4v) is 2.77. The normalized spacial score (nSPS) is 9.92. The molecule has 0 saturated carbocycles. The van der Waals surface area contributed by atoms with Crippen LogP contribution in [0.2, 0.25) is 0 Å². The first kappa shape index (κ1) is 23.1. The highest BCUT2D eigenvalue weighted by Gasteiger charge is 1.91. The van der Waals surface area contributed by atoms with Crippen LogP contribution in [0.1, 0.15) is 116 Å². The number of hydrogen-bond donors (Lipinski definition) is 1. The molecule has 1 nitrogen and oxygen atoms in total. The average molecular weight is 333 g/mol. The van der Waals surface area contributed by atoms with Crippen LogP contribution >= 0.6 is 0 Å². The molecule has 0 saturated heterocycles. The van der Waals surface area contributed by atoms with E-state index in [0.717, 1.165) is 19.3 Å². The second kappa shape index (κ2) is 22.1. The maximum Gasteiger partial charge on any atom is 0.0431 e. The van der Waals surface area contributed by atoms with Crippen LogP contribution < -0.4 is 0 Å². The summed E-state index contributed by atoms with van der Waals surface area (Å²) in [6, 6.07) is 0. The van der Waals surface area contributed by atoms with Gasteiger partial charge in [0.1, 0.15) is 0 Å². The molecule has 0 fully saturated rings. The molecule has 24 heavy (non-hydrogen) atoms. The van der Waals surface area contributed by atoms with Gasteiger partial charge in [-0.25, -0.2) is 0 Å². The minimum Gasteiger partial charge on any atom is -0.396 e. The predicted molar refractivity (Wildman–Crippen MR) is 107 cm³/mol. The van der Waals surface area contributed by atoms with Gasteiger partial charge in [0.15, 0.2) is 0 Å². The van der Waals surface area contributed by atoms with Gasteiger partial charge in [-0.2, -0.15) is 0 Å². The molecule has 0 amide bonds. The lowest BCUT2D eigenvalue weighted by atomic mass is 10.1. The topological polar surface area (TPSA) is 20.2 Å². The van der Waals surface area contributed by atoms with Gasteiger partial charge < -0.3 is 5.11 Å². The standard InChI is InChI=1S/C23H40O/c1-2-3-4-5-6-7-8-9-10-11-12-13-14-15-16-17-18-19-20-21-22-23-24/h24H,2-10,15-23H2,1H3. The molecular weight excluding hydrogens is 292 g/mol. The molecule has 0 unspecified atom stereocenters. The first-order chi connectivity index (χ1) is 11.9. The molecule has 0 aliphatic carbocycles. The van der Waals surface area contributed by atoms with E-state index in [9.17, 15) is 0 Å². The van der Waals surface area contributed by atoms with Gasteiger partial charge in [0.25, 0.3) is 0 Å². The van der Waals surface area contributed by atoms with Crippen LogP contribution in [0.4, 0.5) is 0 Å². The van der Waals surface area contributed by atoms with Crippen LogP contribution in [0.25, 0.3) is 0 Å². The molecule has 0 aromatic heterocycles. The van der Waals surface area contributed by atoms with Gasteiger partial charge in [0.05, 0.1) is 0 Å². The Morgan fingerprint density at radius 1 is 0.500 bits per heavy atom. The van der Waals surface area contributed by atoms with Crippen LogP contribution in [-0.2, 0) is 0 Å². The summed E-state index contributed by atoms with van der Waals surface area (Å²) < 4.78 is 0. The highest BCUT2D eigenvalue weighted by atomic mass is 16.2. The SMILES string of the molecule is CCCCCCCCCCC#CC#CCCCCCCCCCO. The Balaban J connectivity index is 3.23. The molecule has 1 N–H and O–H groups in total. The van der Waals surface area contributed by atoms with E-state index in [1.165, 1.54) is 89.9 Å². The third-order valence-corrected chi connectivity index (χ3v) is 4.35. The Morgan fingerprint density at radius 3 is 1.29 bits per heavy atom. The van der Waals surface area contributed by atoms with Crippen molar-refractivity contribution in [1.82, 2.24) is 0 Å². The van der Waals surface area contributed by atoms with Gasteiger partial charge in [0.2, 0.25) is 0 Å². The Morgan fingerprint density at radius 2 is 0.875 bits per heavy atom. The van der Waals surface area contributed by atoms with Gasteiger partial charge >= 0.3 is 0 Å². The van der Waals surface area contributed by atoms with E-state index in [-0.39, 0.29) is 0 Å². The van der Waals surface area contributed by atoms with E-state index in [1.54, 1.807) is 0 Å². The molecule has 0 aliphatic heterocycles. The summed E-state index contributed by atoms with van der Waals surface area (Å²) in [5, 5.41) is 8.69. The van der Waals surface area contributed by atoms with Gasteiger partial charge in [-0.1, -0.05) is 95.8 Å². The summed E-state index contributed by atoms with van der Waals surface area (Å²) >= 11 is 0. The molecule has 0 bridgehead atoms. The molecule has 0 atom stereocenters. The molecule has 0 aromatic carbocycles. The Bertz CT molecular complexity index is 314. The average Bonchev–Trinajstić information content (AvgIpc) is 2.60. The smallest absolute Gasteiger partial charge is 0.0431 e. The molecule has 1 heteroatoms. The largest absolute Gasteiger partial charge is 0.396 e. The third kappa shape index (κ3) is 21.1. The van der Waals surface area contributed by atoms with Crippen LogP contribution in [-0.4, -0.2) is 11.7 Å². The Kier molecular flexibility index (Phi) is 21.2. The van der Waals surface area contributed by atoms with Crippen LogP contribution in [0.3, 0.4) is 0 Å². The van der Waals surface area contributed by atoms with Gasteiger partial charge in [-0.3, -0.25) is 0 Å². The Hall–Kier alpha value is -0.920. The number of hydrogen-bond acceptors (Lipinski definition) is 1. The van der Waals surface area contributed by atoms with Crippen molar-refractivity contribution in [2.75, 3.05) is 6.61 Å². The fourth-order valence-electron chi connectivity index (χ4n) is 2.77. The van der Waals surface area contributed by atoms with Gasteiger partial charge in [0, 0.05) is 19.4 Å². The highest BCUT2D eigenvalue weighted by molar-refractivity contribution is 5.25. The van der Waals surface area contributed by atoms with Crippen molar-refractivity contribution in [1.29, 1.82) is 0 Å². The van der Waals surface area contributed by atoms with Crippen molar-refractivity contribution in [3.05, 3.63) is 0 Å². The number of rotatable bonds is 16. The summed E-state index contributed by atoms with van der Waals surface area (Å²) in [5.41, 5.74) is 0. The van der Waals surface area contributed by atoms with Gasteiger partial charge in [-0.15, -0.1) is 0 Å². The lowest BCUT2D eigenvalue weighted by Crippen LogP contribution is -1.83. The van der Waals surface area contributed by atoms with Gasteiger partial charge in [-0.05, 0) is 31.1 Å². The summed E-state index contributed by atoms with van der Waals surface area (Å²) in [7, 11) is 0. The molecule has 0 aromatic rings. The van der Waals surface area contributed by atoms with Crippen molar-refractivity contribution in [3.8, 4) is 23.7 Å². The van der Waals surface area contributed by atoms with E-state index >= 15 is 0 Å². The van der Waals surface area contributed by atoms with E-state index in [0.29, 0.717) is 6.61 Å². The first-order valence-electron chi connectivity index (χ1n) is 10.5. The van der Waals surface area contributed by atoms with Crippen molar-refractivity contribution in [2.24, 2.45) is 0 Å². The summed E-state index contributed by atoms with van der Waals surface area (Å²) in [6.07, 6.45) is 21.4. The number of aliphatic hydroxyl groups is 1. The monoisotopic (exact) mass is 332 g/mol. The zero-order chi connectivity index (χ0) is 17.6. The number of aliphatic hydroxyl groups excluding tert-OH is 1. The van der Waals surface area contributed by atoms with Crippen LogP contribution in [0.15, 0.2) is 0 Å². The summed E-state index contributed by atoms with van der Waals surface area (Å²) in [4.78, 5) is 0. The molecule has 138 valence electrons. The lowest BCUT2D eigenvalue weighted by molar-refractivity contribution is 0.282. The maximum absolute atomic E-state index is 8.69. The molecule has 0 radical (unpaired) electrons. The Labute approximate surface area is 152 Å². The fraction of sp³-hybridized carbons (Fsp3) is 0.826. The second-order valence-corrected chi connectivity index (χ2v) is 6.78. The summed E-state index contributed by atoms with van der Waals surface area (Å²) in [6.45, 7) is 2.61. The molecule has 0 spiro atoms. The van der Waals surface area contributed by atoms with Crippen molar-refractivity contribution in [3.63, 3.8) is 0 Å². The molecule has 0 heterocycles. The molecule has 0 aliphatic rings. The van der Waals surface area contributed by atoms with Crippen molar-refractivity contribution >= 4 is 0 Å². The minimum atomic E-state index is 0.343. The second-order valence-electron chi connectivity index (χ2n) is 6.78. The quantitative estimate of drug-likeness (QED) is 0.248. The van der Waals surface area contributed by atoms with E-state index in [1.807, 2.05) is 0 Å². The first-order valence-corrected chi connectivity index (χ1v) is 10.5. The van der Waals surface area contributed by atoms with E-state index in [4.69, 9.17) is 5.11 Å². The van der Waals surface area contributed by atoms with Crippen LogP contribution in [0.5, 0.6) is 0 Å². The van der Waals surface area contributed by atoms with Crippen molar-refractivity contribution in [2.45, 2.75) is 116 Å². The highest BCUT2D eigenvalue weighted by Crippen LogP contribution is 2.09.